The van der Waals surface area contributed by atoms with E-state index in [4.69, 9.17) is 0 Å². The minimum Gasteiger partial charge on any atom is -0.480 e. The highest BCUT2D eigenvalue weighted by Crippen LogP contribution is 2.26. The van der Waals surface area contributed by atoms with Gasteiger partial charge in [0.25, 0.3) is 5.91 Å². The molecule has 0 bridgehead atoms. The standard InChI is InChI=1S/C25H26N4O3/c1-17-20(12-13-26-23(17)19-7-3-2-4-8-19)28-24(30)21-11-10-18(15-27-21)16-29-14-6-5-9-22(29)25(31)32/h2-4,7-8,10-13,15,22H,5-6,9,14,16H2,1H3,(H,31,32)(H,26,28,30)/t22-/m0/s1. The summed E-state index contributed by atoms with van der Waals surface area (Å²) >= 11 is 0. The van der Waals surface area contributed by atoms with Crippen molar-refractivity contribution in [2.24, 2.45) is 0 Å². The molecule has 7 nitrogen and oxygen atoms in total. The third-order valence-corrected chi connectivity index (χ3v) is 5.84. The first-order valence-electron chi connectivity index (χ1n) is 10.8. The van der Waals surface area contributed by atoms with Crippen molar-refractivity contribution < 1.29 is 14.7 Å². The van der Waals surface area contributed by atoms with E-state index in [-0.39, 0.29) is 5.91 Å². The number of aromatic nitrogens is 2. The van der Waals surface area contributed by atoms with Gasteiger partial charge in [0.05, 0.1) is 5.69 Å². The highest BCUT2D eigenvalue weighted by molar-refractivity contribution is 6.03. The van der Waals surface area contributed by atoms with Gasteiger partial charge in [-0.05, 0) is 49.6 Å². The number of anilines is 1. The lowest BCUT2D eigenvalue weighted by atomic mass is 10.0. The Balaban J connectivity index is 1.45. The summed E-state index contributed by atoms with van der Waals surface area (Å²) < 4.78 is 0. The van der Waals surface area contributed by atoms with Crippen molar-refractivity contribution in [3.8, 4) is 11.3 Å². The van der Waals surface area contributed by atoms with Gasteiger partial charge in [-0.3, -0.25) is 24.5 Å². The quantitative estimate of drug-likeness (QED) is 0.610. The third-order valence-electron chi connectivity index (χ3n) is 5.84. The number of aliphatic carboxylic acids is 1. The molecule has 1 aliphatic heterocycles. The van der Waals surface area contributed by atoms with Crippen LogP contribution in [-0.4, -0.2) is 44.4 Å². The topological polar surface area (TPSA) is 95.4 Å². The predicted octanol–water partition coefficient (Wildman–Crippen LogP) is 4.14. The lowest BCUT2D eigenvalue weighted by molar-refractivity contribution is -0.144. The Morgan fingerprint density at radius 1 is 1.09 bits per heavy atom. The van der Waals surface area contributed by atoms with Gasteiger partial charge >= 0.3 is 5.97 Å². The summed E-state index contributed by atoms with van der Waals surface area (Å²) in [5, 5.41) is 12.4. The number of rotatable bonds is 6. The Morgan fingerprint density at radius 3 is 2.62 bits per heavy atom. The minimum atomic E-state index is -0.781. The van der Waals surface area contributed by atoms with Gasteiger partial charge in [-0.2, -0.15) is 0 Å². The Bertz CT molecular complexity index is 1100. The van der Waals surface area contributed by atoms with Gasteiger partial charge in [-0.1, -0.05) is 42.8 Å². The van der Waals surface area contributed by atoms with Gasteiger partial charge in [-0.25, -0.2) is 0 Å². The minimum absolute atomic E-state index is 0.300. The normalized spacial score (nSPS) is 16.5. The fourth-order valence-electron chi connectivity index (χ4n) is 4.09. The fraction of sp³-hybridized carbons (Fsp3) is 0.280. The molecule has 164 valence electrons. The van der Waals surface area contributed by atoms with Crippen LogP contribution in [0, 0.1) is 6.92 Å². The highest BCUT2D eigenvalue weighted by atomic mass is 16.4. The molecule has 4 rings (SSSR count). The van der Waals surface area contributed by atoms with Crippen molar-refractivity contribution in [2.75, 3.05) is 11.9 Å². The largest absolute Gasteiger partial charge is 0.480 e. The number of piperidine rings is 1. The zero-order valence-corrected chi connectivity index (χ0v) is 18.0. The molecule has 0 radical (unpaired) electrons. The fourth-order valence-corrected chi connectivity index (χ4v) is 4.09. The van der Waals surface area contributed by atoms with E-state index in [0.29, 0.717) is 24.3 Å². The number of carbonyl (C=O) groups excluding carboxylic acids is 1. The molecule has 0 unspecified atom stereocenters. The van der Waals surface area contributed by atoms with Crippen LogP contribution in [0.4, 0.5) is 5.69 Å². The van der Waals surface area contributed by atoms with Crippen molar-refractivity contribution >= 4 is 17.6 Å². The van der Waals surface area contributed by atoms with Crippen LogP contribution in [0.1, 0.15) is 40.9 Å². The number of hydrogen-bond donors (Lipinski definition) is 2. The smallest absolute Gasteiger partial charge is 0.320 e. The molecule has 0 aliphatic carbocycles. The molecule has 0 spiro atoms. The number of nitrogens with zero attached hydrogens (tertiary/aromatic N) is 3. The maximum absolute atomic E-state index is 12.8. The predicted molar refractivity (Wildman–Crippen MR) is 122 cm³/mol. The zero-order chi connectivity index (χ0) is 22.5. The molecular weight excluding hydrogens is 404 g/mol. The van der Waals surface area contributed by atoms with Crippen molar-refractivity contribution in [1.29, 1.82) is 0 Å². The number of carboxylic acids is 1. The molecule has 1 fully saturated rings. The summed E-state index contributed by atoms with van der Waals surface area (Å²) in [5.41, 5.74) is 4.57. The van der Waals surface area contributed by atoms with Gasteiger partial charge in [0.15, 0.2) is 0 Å². The molecule has 1 atom stereocenters. The second kappa shape index (κ2) is 9.70. The number of likely N-dealkylation sites (tertiary alicyclic amines) is 1. The van der Waals surface area contributed by atoms with Crippen LogP contribution in [0.5, 0.6) is 0 Å². The number of carboxylic acid groups (broad SMARTS) is 1. The molecule has 3 heterocycles. The summed E-state index contributed by atoms with van der Waals surface area (Å²) in [6.07, 6.45) is 5.93. The first kappa shape index (κ1) is 21.6. The number of nitrogens with one attached hydrogen (secondary N) is 1. The van der Waals surface area contributed by atoms with Gasteiger partial charge in [0.1, 0.15) is 11.7 Å². The Kier molecular flexibility index (Phi) is 6.56. The van der Waals surface area contributed by atoms with Crippen molar-refractivity contribution in [3.63, 3.8) is 0 Å². The number of benzene rings is 1. The molecule has 1 aromatic carbocycles. The average molecular weight is 431 g/mol. The summed E-state index contributed by atoms with van der Waals surface area (Å²) in [6.45, 7) is 3.19. The van der Waals surface area contributed by atoms with E-state index in [1.54, 1.807) is 24.5 Å². The van der Waals surface area contributed by atoms with Crippen molar-refractivity contribution in [1.82, 2.24) is 14.9 Å². The lowest BCUT2D eigenvalue weighted by Gasteiger charge is -2.32. The maximum atomic E-state index is 12.8. The van der Waals surface area contributed by atoms with Crippen LogP contribution in [-0.2, 0) is 11.3 Å². The molecule has 1 aliphatic rings. The van der Waals surface area contributed by atoms with Crippen LogP contribution in [0.2, 0.25) is 0 Å². The van der Waals surface area contributed by atoms with Gasteiger partial charge < -0.3 is 10.4 Å². The van der Waals surface area contributed by atoms with Gasteiger partial charge in [0, 0.05) is 30.2 Å². The van der Waals surface area contributed by atoms with E-state index in [1.165, 1.54) is 0 Å². The summed E-state index contributed by atoms with van der Waals surface area (Å²) in [6, 6.07) is 14.7. The second-order valence-corrected chi connectivity index (χ2v) is 8.02. The molecule has 2 N–H and O–H groups in total. The molecule has 1 amide bonds. The first-order valence-corrected chi connectivity index (χ1v) is 10.8. The van der Waals surface area contributed by atoms with Crippen LogP contribution in [0.15, 0.2) is 60.9 Å². The molecule has 32 heavy (non-hydrogen) atoms. The molecule has 2 aromatic heterocycles. The van der Waals surface area contributed by atoms with Crippen LogP contribution in [0.25, 0.3) is 11.3 Å². The van der Waals surface area contributed by atoms with E-state index in [0.717, 1.165) is 41.8 Å². The highest BCUT2D eigenvalue weighted by Gasteiger charge is 2.28. The molecule has 0 saturated carbocycles. The van der Waals surface area contributed by atoms with Crippen LogP contribution in [0.3, 0.4) is 0 Å². The van der Waals surface area contributed by atoms with Crippen LogP contribution >= 0.6 is 0 Å². The Labute approximate surface area is 187 Å². The maximum Gasteiger partial charge on any atom is 0.320 e. The monoisotopic (exact) mass is 430 g/mol. The van der Waals surface area contributed by atoms with Gasteiger partial charge in [0.2, 0.25) is 0 Å². The summed E-state index contributed by atoms with van der Waals surface area (Å²) in [5.74, 6) is -1.08. The number of hydrogen-bond acceptors (Lipinski definition) is 5. The Hall–Kier alpha value is -3.58. The number of pyridine rings is 2. The third kappa shape index (κ3) is 4.84. The SMILES string of the molecule is Cc1c(NC(=O)c2ccc(CN3CCCC[C@H]3C(=O)O)cn2)ccnc1-c1ccccc1. The van der Waals surface area contributed by atoms with Crippen molar-refractivity contribution in [3.05, 3.63) is 77.7 Å². The van der Waals surface area contributed by atoms with Crippen LogP contribution < -0.4 is 5.32 Å². The number of amides is 1. The second-order valence-electron chi connectivity index (χ2n) is 8.02. The Morgan fingerprint density at radius 2 is 1.91 bits per heavy atom. The summed E-state index contributed by atoms with van der Waals surface area (Å²) in [7, 11) is 0. The lowest BCUT2D eigenvalue weighted by Crippen LogP contribution is -2.44. The molecular formula is C25H26N4O3. The van der Waals surface area contributed by atoms with E-state index in [1.807, 2.05) is 48.2 Å². The zero-order valence-electron chi connectivity index (χ0n) is 18.0. The summed E-state index contributed by atoms with van der Waals surface area (Å²) in [4.78, 5) is 35.0. The van der Waals surface area contributed by atoms with Gasteiger partial charge in [-0.15, -0.1) is 0 Å². The van der Waals surface area contributed by atoms with E-state index in [9.17, 15) is 14.7 Å². The molecule has 3 aromatic rings. The van der Waals surface area contributed by atoms with E-state index in [2.05, 4.69) is 15.3 Å². The van der Waals surface area contributed by atoms with E-state index >= 15 is 0 Å². The van der Waals surface area contributed by atoms with E-state index < -0.39 is 12.0 Å². The molecule has 7 heteroatoms. The average Bonchev–Trinajstić information content (AvgIpc) is 2.81. The number of carbonyl (C=O) groups is 2. The van der Waals surface area contributed by atoms with Crippen molar-refractivity contribution in [2.45, 2.75) is 38.8 Å². The molecule has 1 saturated heterocycles. The first-order chi connectivity index (χ1) is 15.5.